The third kappa shape index (κ3) is 2.61. The average Bonchev–Trinajstić information content (AvgIpc) is 2.05. The second-order valence-corrected chi connectivity index (χ2v) is 3.78. The minimum absolute atomic E-state index is 0.313. The van der Waals surface area contributed by atoms with Crippen molar-refractivity contribution in [3.63, 3.8) is 0 Å². The normalized spacial score (nSPS) is 12.9. The van der Waals surface area contributed by atoms with Crippen LogP contribution >= 0.6 is 15.9 Å². The Hall–Kier alpha value is -0.340. The average molecular weight is 229 g/mol. The van der Waals surface area contributed by atoms with Gasteiger partial charge in [0.05, 0.1) is 6.10 Å². The summed E-state index contributed by atoms with van der Waals surface area (Å²) >= 11 is 3.37. The van der Waals surface area contributed by atoms with Crippen LogP contribution < -0.4 is 0 Å². The van der Waals surface area contributed by atoms with Gasteiger partial charge in [0.2, 0.25) is 0 Å². The first kappa shape index (κ1) is 9.75. The molecule has 0 heterocycles. The Labute approximate surface area is 81.6 Å². The topological polar surface area (TPSA) is 20.2 Å². The predicted molar refractivity (Wildman–Crippen MR) is 54.0 cm³/mol. The molecule has 1 nitrogen and oxygen atoms in total. The number of benzene rings is 1. The highest BCUT2D eigenvalue weighted by molar-refractivity contribution is 9.10. The van der Waals surface area contributed by atoms with E-state index in [0.717, 1.165) is 22.9 Å². The first-order chi connectivity index (χ1) is 5.74. The maximum Gasteiger partial charge on any atom is 0.0790 e. The quantitative estimate of drug-likeness (QED) is 0.843. The van der Waals surface area contributed by atoms with Crippen molar-refractivity contribution < 1.29 is 5.11 Å². The van der Waals surface area contributed by atoms with Gasteiger partial charge in [0, 0.05) is 4.47 Å². The van der Waals surface area contributed by atoms with Crippen molar-refractivity contribution in [1.82, 2.24) is 0 Å². The van der Waals surface area contributed by atoms with E-state index in [4.69, 9.17) is 0 Å². The molecule has 1 atom stereocenters. The molecule has 1 rings (SSSR count). The molecule has 0 fully saturated rings. The Morgan fingerprint density at radius 2 is 2.25 bits per heavy atom. The van der Waals surface area contributed by atoms with Crippen LogP contribution in [0.3, 0.4) is 0 Å². The fourth-order valence-corrected chi connectivity index (χ4v) is 1.57. The summed E-state index contributed by atoms with van der Waals surface area (Å²) in [5.41, 5.74) is 0.992. The largest absolute Gasteiger partial charge is 0.388 e. The van der Waals surface area contributed by atoms with Gasteiger partial charge in [-0.1, -0.05) is 41.4 Å². The summed E-state index contributed by atoms with van der Waals surface area (Å²) < 4.78 is 1.02. The van der Waals surface area contributed by atoms with Crippen molar-refractivity contribution >= 4 is 15.9 Å². The van der Waals surface area contributed by atoms with E-state index >= 15 is 0 Å². The zero-order valence-corrected chi connectivity index (χ0v) is 8.71. The molecule has 0 aromatic heterocycles. The van der Waals surface area contributed by atoms with Crippen LogP contribution in [-0.4, -0.2) is 5.11 Å². The Balaban J connectivity index is 2.73. The third-order valence-corrected chi connectivity index (χ3v) is 2.29. The Kier molecular flexibility index (Phi) is 3.76. The smallest absolute Gasteiger partial charge is 0.0790 e. The molecule has 0 unspecified atom stereocenters. The highest BCUT2D eigenvalue weighted by Crippen LogP contribution is 2.21. The molecule has 0 aliphatic carbocycles. The molecule has 0 spiro atoms. The molecule has 1 N–H and O–H groups in total. The lowest BCUT2D eigenvalue weighted by atomic mass is 10.1. The molecular formula is C10H13BrO. The summed E-state index contributed by atoms with van der Waals surface area (Å²) in [5, 5.41) is 9.62. The Morgan fingerprint density at radius 3 is 2.83 bits per heavy atom. The second kappa shape index (κ2) is 4.63. The number of rotatable bonds is 3. The van der Waals surface area contributed by atoms with E-state index in [1.54, 1.807) is 0 Å². The zero-order chi connectivity index (χ0) is 8.97. The summed E-state index contributed by atoms with van der Waals surface area (Å²) in [4.78, 5) is 0. The first-order valence-corrected chi connectivity index (χ1v) is 4.97. The van der Waals surface area contributed by atoms with Crippen molar-refractivity contribution in [3.05, 3.63) is 34.3 Å². The molecule has 1 aromatic rings. The van der Waals surface area contributed by atoms with Gasteiger partial charge in [0.15, 0.2) is 0 Å². The van der Waals surface area contributed by atoms with E-state index in [-0.39, 0.29) is 6.10 Å². The van der Waals surface area contributed by atoms with Crippen LogP contribution in [0.2, 0.25) is 0 Å². The molecule has 0 amide bonds. The first-order valence-electron chi connectivity index (χ1n) is 4.17. The predicted octanol–water partition coefficient (Wildman–Crippen LogP) is 3.28. The van der Waals surface area contributed by atoms with Gasteiger partial charge in [-0.15, -0.1) is 0 Å². The fourth-order valence-electron chi connectivity index (χ4n) is 1.15. The van der Waals surface area contributed by atoms with E-state index in [2.05, 4.69) is 22.9 Å². The Bertz CT molecular complexity index is 247. The minimum Gasteiger partial charge on any atom is -0.388 e. The van der Waals surface area contributed by atoms with E-state index in [1.807, 2.05) is 24.3 Å². The van der Waals surface area contributed by atoms with Gasteiger partial charge in [-0.3, -0.25) is 0 Å². The van der Waals surface area contributed by atoms with Crippen molar-refractivity contribution in [1.29, 1.82) is 0 Å². The maximum absolute atomic E-state index is 9.62. The van der Waals surface area contributed by atoms with Gasteiger partial charge in [0.25, 0.3) is 0 Å². The molecule has 0 saturated heterocycles. The standard InChI is InChI=1S/C10H13BrO/c1-2-4-10(12)8-5-3-6-9(11)7-8/h3,5-7,10,12H,2,4H2,1H3/t10-/m1/s1. The lowest BCUT2D eigenvalue weighted by Gasteiger charge is -2.09. The molecule has 0 aliphatic heterocycles. The number of aliphatic hydroxyl groups is 1. The third-order valence-electron chi connectivity index (χ3n) is 1.80. The van der Waals surface area contributed by atoms with Crippen molar-refractivity contribution in [3.8, 4) is 0 Å². The highest BCUT2D eigenvalue weighted by atomic mass is 79.9. The molecule has 0 saturated carbocycles. The molecular weight excluding hydrogens is 216 g/mol. The SMILES string of the molecule is CCC[C@@H](O)c1cccc(Br)c1. The van der Waals surface area contributed by atoms with Gasteiger partial charge in [-0.05, 0) is 24.1 Å². The van der Waals surface area contributed by atoms with Gasteiger partial charge < -0.3 is 5.11 Å². The van der Waals surface area contributed by atoms with E-state index in [1.165, 1.54) is 0 Å². The van der Waals surface area contributed by atoms with E-state index < -0.39 is 0 Å². The lowest BCUT2D eigenvalue weighted by Crippen LogP contribution is -1.95. The van der Waals surface area contributed by atoms with Crippen molar-refractivity contribution in [2.24, 2.45) is 0 Å². The summed E-state index contributed by atoms with van der Waals surface area (Å²) in [6.07, 6.45) is 1.52. The summed E-state index contributed by atoms with van der Waals surface area (Å²) in [6, 6.07) is 7.81. The van der Waals surface area contributed by atoms with Crippen LogP contribution in [0, 0.1) is 0 Å². The fraction of sp³-hybridized carbons (Fsp3) is 0.400. The van der Waals surface area contributed by atoms with Crippen LogP contribution in [-0.2, 0) is 0 Å². The lowest BCUT2D eigenvalue weighted by molar-refractivity contribution is 0.166. The van der Waals surface area contributed by atoms with Crippen LogP contribution in [0.25, 0.3) is 0 Å². The van der Waals surface area contributed by atoms with Crippen LogP contribution in [0.1, 0.15) is 31.4 Å². The molecule has 0 radical (unpaired) electrons. The minimum atomic E-state index is -0.313. The molecule has 66 valence electrons. The number of hydrogen-bond donors (Lipinski definition) is 1. The monoisotopic (exact) mass is 228 g/mol. The van der Waals surface area contributed by atoms with E-state index in [0.29, 0.717) is 0 Å². The molecule has 2 heteroatoms. The molecule has 0 bridgehead atoms. The van der Waals surface area contributed by atoms with Crippen LogP contribution in [0.15, 0.2) is 28.7 Å². The van der Waals surface area contributed by atoms with Gasteiger partial charge in [-0.25, -0.2) is 0 Å². The summed E-state index contributed by atoms with van der Waals surface area (Å²) in [5.74, 6) is 0. The van der Waals surface area contributed by atoms with E-state index in [9.17, 15) is 5.11 Å². The zero-order valence-electron chi connectivity index (χ0n) is 7.13. The number of halogens is 1. The van der Waals surface area contributed by atoms with Crippen molar-refractivity contribution in [2.45, 2.75) is 25.9 Å². The number of aliphatic hydroxyl groups excluding tert-OH is 1. The van der Waals surface area contributed by atoms with Crippen molar-refractivity contribution in [2.75, 3.05) is 0 Å². The van der Waals surface area contributed by atoms with Gasteiger partial charge >= 0.3 is 0 Å². The molecule has 12 heavy (non-hydrogen) atoms. The molecule has 0 aliphatic rings. The van der Waals surface area contributed by atoms with Crippen LogP contribution in [0.5, 0.6) is 0 Å². The second-order valence-electron chi connectivity index (χ2n) is 2.86. The molecule has 1 aromatic carbocycles. The van der Waals surface area contributed by atoms with Gasteiger partial charge in [-0.2, -0.15) is 0 Å². The summed E-state index contributed by atoms with van der Waals surface area (Å²) in [6.45, 7) is 2.07. The Morgan fingerprint density at radius 1 is 1.50 bits per heavy atom. The summed E-state index contributed by atoms with van der Waals surface area (Å²) in [7, 11) is 0. The number of hydrogen-bond acceptors (Lipinski definition) is 1. The maximum atomic E-state index is 9.62. The highest BCUT2D eigenvalue weighted by Gasteiger charge is 2.05. The van der Waals surface area contributed by atoms with Gasteiger partial charge in [0.1, 0.15) is 0 Å². The van der Waals surface area contributed by atoms with Crippen LogP contribution in [0.4, 0.5) is 0 Å².